The molecule has 9 heteroatoms. The number of amides is 2. The molecular weight excluding hydrogens is 400 g/mol. The van der Waals surface area contributed by atoms with E-state index >= 15 is 0 Å². The van der Waals surface area contributed by atoms with Crippen LogP contribution in [0.25, 0.3) is 10.9 Å². The van der Waals surface area contributed by atoms with Gasteiger partial charge in [-0.05, 0) is 36.2 Å². The number of pyridine rings is 1. The van der Waals surface area contributed by atoms with Crippen molar-refractivity contribution in [2.24, 2.45) is 0 Å². The summed E-state index contributed by atoms with van der Waals surface area (Å²) in [6.07, 6.45) is 3.19. The first kappa shape index (κ1) is 21.8. The molecule has 0 aliphatic heterocycles. The summed E-state index contributed by atoms with van der Waals surface area (Å²) in [4.78, 5) is 27.8. The van der Waals surface area contributed by atoms with Crippen LogP contribution >= 0.6 is 0 Å². The van der Waals surface area contributed by atoms with Crippen molar-refractivity contribution >= 4 is 22.6 Å². The summed E-state index contributed by atoms with van der Waals surface area (Å²) in [5, 5.41) is 28.4. The number of rotatable bonds is 8. The molecule has 2 aromatic carbocycles. The van der Waals surface area contributed by atoms with Crippen molar-refractivity contribution in [2.45, 2.75) is 25.8 Å². The lowest BCUT2D eigenvalue weighted by atomic mass is 9.95. The number of phenolic OH excluding ortho intramolecular Hbond substituents is 1. The van der Waals surface area contributed by atoms with Crippen LogP contribution in [0.4, 0.5) is 10.5 Å². The molecule has 9 nitrogen and oxygen atoms in total. The number of hydrogen-bond donors (Lipinski definition) is 3. The maximum atomic E-state index is 12.5. The number of ether oxygens (including phenoxy) is 1. The van der Waals surface area contributed by atoms with Crippen molar-refractivity contribution in [1.82, 2.24) is 15.6 Å². The minimum atomic E-state index is -0.849. The predicted octanol–water partition coefficient (Wildman–Crippen LogP) is 4.05. The average molecular weight is 424 g/mol. The lowest BCUT2D eigenvalue weighted by molar-refractivity contribution is -0.383. The number of nitrogens with zero attached hydrogens (tertiary/aromatic N) is 2. The zero-order valence-corrected chi connectivity index (χ0v) is 17.3. The Morgan fingerprint density at radius 1 is 1.29 bits per heavy atom. The van der Waals surface area contributed by atoms with Crippen molar-refractivity contribution in [3.63, 3.8) is 0 Å². The number of nitro benzene ring substituents is 1. The normalized spacial score (nSPS) is 11.7. The highest BCUT2D eigenvalue weighted by atomic mass is 16.6. The van der Waals surface area contributed by atoms with E-state index in [0.29, 0.717) is 17.9 Å². The maximum Gasteiger partial charge on any atom is 0.315 e. The highest BCUT2D eigenvalue weighted by Crippen LogP contribution is 2.39. The lowest BCUT2D eigenvalue weighted by Gasteiger charge is -2.22. The first-order valence-corrected chi connectivity index (χ1v) is 9.89. The molecule has 1 heterocycles. The van der Waals surface area contributed by atoms with Crippen LogP contribution in [0.15, 0.2) is 48.7 Å². The topological polar surface area (TPSA) is 127 Å². The minimum absolute atomic E-state index is 0.0957. The zero-order valence-electron chi connectivity index (χ0n) is 17.3. The van der Waals surface area contributed by atoms with Crippen LogP contribution in [-0.2, 0) is 0 Å². The molecule has 31 heavy (non-hydrogen) atoms. The molecule has 0 radical (unpaired) electrons. The summed E-state index contributed by atoms with van der Waals surface area (Å²) >= 11 is 0. The lowest BCUT2D eigenvalue weighted by Crippen LogP contribution is -2.38. The largest absolute Gasteiger partial charge is 0.505 e. The third kappa shape index (κ3) is 4.82. The molecule has 0 saturated heterocycles. The van der Waals surface area contributed by atoms with Gasteiger partial charge in [-0.15, -0.1) is 0 Å². The van der Waals surface area contributed by atoms with Gasteiger partial charge in [-0.25, -0.2) is 4.79 Å². The number of carbonyl (C=O) groups excluding carboxylic acids is 1. The number of non-ortho nitro benzene ring substituents is 1. The Labute approximate surface area is 179 Å². The Morgan fingerprint density at radius 3 is 2.68 bits per heavy atom. The van der Waals surface area contributed by atoms with E-state index in [0.717, 1.165) is 12.8 Å². The smallest absolute Gasteiger partial charge is 0.315 e. The molecule has 3 rings (SSSR count). The van der Waals surface area contributed by atoms with Gasteiger partial charge in [0, 0.05) is 24.4 Å². The molecule has 0 aliphatic carbocycles. The number of nitrogens with one attached hydrogen (secondary N) is 2. The summed E-state index contributed by atoms with van der Waals surface area (Å²) in [5.74, 6) is 0.390. The fourth-order valence-electron chi connectivity index (χ4n) is 3.30. The molecule has 0 saturated carbocycles. The minimum Gasteiger partial charge on any atom is -0.505 e. The number of methoxy groups -OCH3 is 1. The van der Waals surface area contributed by atoms with E-state index in [1.54, 1.807) is 30.3 Å². The van der Waals surface area contributed by atoms with E-state index in [4.69, 9.17) is 4.74 Å². The molecule has 3 N–H and O–H groups in total. The summed E-state index contributed by atoms with van der Waals surface area (Å²) < 4.78 is 5.18. The van der Waals surface area contributed by atoms with E-state index in [9.17, 15) is 20.0 Å². The number of benzene rings is 2. The molecule has 0 bridgehead atoms. The molecule has 0 fully saturated rings. The third-order valence-electron chi connectivity index (χ3n) is 4.92. The second-order valence-electron chi connectivity index (χ2n) is 6.95. The number of aromatic hydroxyl groups is 1. The number of unbranched alkanes of at least 4 members (excludes halogenated alkanes) is 1. The van der Waals surface area contributed by atoms with Crippen LogP contribution in [0.3, 0.4) is 0 Å². The van der Waals surface area contributed by atoms with Crippen molar-refractivity contribution in [3.8, 4) is 11.5 Å². The molecule has 0 spiro atoms. The first-order chi connectivity index (χ1) is 15.0. The highest BCUT2D eigenvalue weighted by Gasteiger charge is 2.27. The van der Waals surface area contributed by atoms with Gasteiger partial charge in [-0.2, -0.15) is 0 Å². The van der Waals surface area contributed by atoms with E-state index < -0.39 is 17.0 Å². The molecule has 1 unspecified atom stereocenters. The second kappa shape index (κ2) is 9.75. The van der Waals surface area contributed by atoms with Crippen molar-refractivity contribution in [1.29, 1.82) is 0 Å². The van der Waals surface area contributed by atoms with Gasteiger partial charge in [0.05, 0.1) is 23.5 Å². The summed E-state index contributed by atoms with van der Waals surface area (Å²) in [7, 11) is 1.54. The molecule has 1 atom stereocenters. The number of hydrogen-bond acceptors (Lipinski definition) is 6. The monoisotopic (exact) mass is 424 g/mol. The average Bonchev–Trinajstić information content (AvgIpc) is 2.78. The third-order valence-corrected chi connectivity index (χ3v) is 4.92. The fraction of sp³-hybridized carbons (Fsp3) is 0.273. The second-order valence-corrected chi connectivity index (χ2v) is 6.95. The molecular formula is C22H24N4O5. The Balaban J connectivity index is 2.11. The highest BCUT2D eigenvalue weighted by molar-refractivity contribution is 5.93. The summed E-state index contributed by atoms with van der Waals surface area (Å²) in [6.45, 7) is 2.50. The molecule has 2 amide bonds. The number of nitro groups is 1. The van der Waals surface area contributed by atoms with Gasteiger partial charge in [-0.3, -0.25) is 15.1 Å². The maximum absolute atomic E-state index is 12.5. The quantitative estimate of drug-likeness (QED) is 0.284. The van der Waals surface area contributed by atoms with Crippen LogP contribution < -0.4 is 15.4 Å². The predicted molar refractivity (Wildman–Crippen MR) is 116 cm³/mol. The molecule has 0 aliphatic rings. The zero-order chi connectivity index (χ0) is 22.4. The van der Waals surface area contributed by atoms with Crippen molar-refractivity contribution in [2.75, 3.05) is 13.7 Å². The van der Waals surface area contributed by atoms with Crippen LogP contribution in [0.1, 0.15) is 36.9 Å². The number of carbonyl (C=O) groups is 1. The van der Waals surface area contributed by atoms with Gasteiger partial charge in [0.15, 0.2) is 0 Å². The first-order valence-electron chi connectivity index (χ1n) is 9.89. The van der Waals surface area contributed by atoms with Crippen LogP contribution in [0.5, 0.6) is 11.5 Å². The van der Waals surface area contributed by atoms with Gasteiger partial charge >= 0.3 is 6.03 Å². The fourth-order valence-corrected chi connectivity index (χ4v) is 3.30. The number of phenols is 1. The summed E-state index contributed by atoms with van der Waals surface area (Å²) in [6, 6.07) is 9.95. The summed E-state index contributed by atoms with van der Waals surface area (Å²) in [5.41, 5.74) is 0.682. The van der Waals surface area contributed by atoms with E-state index in [-0.39, 0.29) is 27.9 Å². The van der Waals surface area contributed by atoms with Gasteiger partial charge in [-0.1, -0.05) is 25.5 Å². The van der Waals surface area contributed by atoms with Crippen LogP contribution in [0, 0.1) is 10.1 Å². The molecule has 1 aromatic heterocycles. The van der Waals surface area contributed by atoms with Crippen molar-refractivity contribution in [3.05, 3.63) is 69.9 Å². The number of aromatic nitrogens is 1. The van der Waals surface area contributed by atoms with E-state index in [1.165, 1.54) is 25.4 Å². The Hall–Kier alpha value is -3.88. The van der Waals surface area contributed by atoms with Gasteiger partial charge < -0.3 is 20.5 Å². The molecule has 3 aromatic rings. The van der Waals surface area contributed by atoms with Crippen LogP contribution in [0.2, 0.25) is 0 Å². The van der Waals surface area contributed by atoms with Crippen molar-refractivity contribution < 1.29 is 19.6 Å². The SMILES string of the molecule is CCCCNC(=O)NC(c1ccc(OC)cc1)c1cc([N+](=O)[O-])c2cccnc2c1O. The molecule has 162 valence electrons. The van der Waals surface area contributed by atoms with Crippen LogP contribution in [-0.4, -0.2) is 34.7 Å². The number of urea groups is 1. The Kier molecular flexibility index (Phi) is 6.86. The van der Waals surface area contributed by atoms with E-state index in [2.05, 4.69) is 15.6 Å². The van der Waals surface area contributed by atoms with Gasteiger partial charge in [0.1, 0.15) is 17.0 Å². The Bertz CT molecular complexity index is 1090. The van der Waals surface area contributed by atoms with E-state index in [1.807, 2.05) is 6.92 Å². The Morgan fingerprint density at radius 2 is 2.03 bits per heavy atom. The van der Waals surface area contributed by atoms with Gasteiger partial charge in [0.2, 0.25) is 0 Å². The standard InChI is InChI=1S/C22H24N4O5/c1-3-4-11-24-22(28)25-19(14-7-9-15(31-2)10-8-14)17-13-18(26(29)30)16-6-5-12-23-20(16)21(17)27/h5-10,12-13,19,27H,3-4,11H2,1-2H3,(H2,24,25,28). The van der Waals surface area contributed by atoms with Gasteiger partial charge in [0.25, 0.3) is 5.69 Å². The number of fused-ring (bicyclic) bond motifs is 1.